The van der Waals surface area contributed by atoms with E-state index in [-0.39, 0.29) is 6.04 Å². The molecule has 0 bridgehead atoms. The van der Waals surface area contributed by atoms with E-state index in [1.165, 1.54) is 0 Å². The lowest BCUT2D eigenvalue weighted by Crippen LogP contribution is -2.24. The molecule has 2 aromatic rings. The van der Waals surface area contributed by atoms with Crippen LogP contribution < -0.4 is 10.1 Å². The van der Waals surface area contributed by atoms with Crippen LogP contribution in [0.2, 0.25) is 0 Å². The normalized spacial score (nSPS) is 11.7. The number of halogens is 1. The van der Waals surface area contributed by atoms with Crippen LogP contribution in [0.4, 0.5) is 0 Å². The summed E-state index contributed by atoms with van der Waals surface area (Å²) in [5, 5.41) is 12.2. The van der Waals surface area contributed by atoms with Gasteiger partial charge in [-0.2, -0.15) is 5.26 Å². The van der Waals surface area contributed by atoms with E-state index in [4.69, 9.17) is 10.00 Å². The fraction of sp³-hybridized carbons (Fsp3) is 0.235. The lowest BCUT2D eigenvalue weighted by molar-refractivity contribution is 0.307. The quantitative estimate of drug-likeness (QED) is 0.804. The van der Waals surface area contributed by atoms with Gasteiger partial charge in [0.25, 0.3) is 0 Å². The van der Waals surface area contributed by atoms with Crippen LogP contribution in [0.5, 0.6) is 5.75 Å². The smallest absolute Gasteiger partial charge is 0.120 e. The second-order valence-corrected chi connectivity index (χ2v) is 5.63. The molecule has 1 unspecified atom stereocenters. The van der Waals surface area contributed by atoms with Crippen molar-refractivity contribution in [1.29, 1.82) is 5.26 Å². The Kier molecular flexibility index (Phi) is 5.79. The van der Waals surface area contributed by atoms with Crippen molar-refractivity contribution in [2.24, 2.45) is 0 Å². The van der Waals surface area contributed by atoms with E-state index in [0.717, 1.165) is 22.3 Å². The van der Waals surface area contributed by atoms with Crippen LogP contribution in [0.3, 0.4) is 0 Å². The summed E-state index contributed by atoms with van der Waals surface area (Å²) in [6, 6.07) is 17.8. The molecule has 0 heterocycles. The average molecular weight is 345 g/mol. The van der Waals surface area contributed by atoms with E-state index in [0.29, 0.717) is 12.2 Å². The van der Waals surface area contributed by atoms with Gasteiger partial charge in [0.05, 0.1) is 11.6 Å². The number of nitrogens with zero attached hydrogens (tertiary/aromatic N) is 1. The lowest BCUT2D eigenvalue weighted by Gasteiger charge is -2.14. The molecular formula is C17H17BrN2O. The first-order chi connectivity index (χ1) is 10.2. The SMILES string of the molecule is CC(NCCOc1cccc(Br)c1)c1ccc(C#N)cc1. The van der Waals surface area contributed by atoms with E-state index in [1.54, 1.807) is 0 Å². The van der Waals surface area contributed by atoms with Gasteiger partial charge in [-0.3, -0.25) is 0 Å². The summed E-state index contributed by atoms with van der Waals surface area (Å²) in [5.74, 6) is 0.859. The van der Waals surface area contributed by atoms with Crippen molar-refractivity contribution in [1.82, 2.24) is 5.32 Å². The summed E-state index contributed by atoms with van der Waals surface area (Å²) in [7, 11) is 0. The molecule has 0 saturated heterocycles. The molecule has 0 radical (unpaired) electrons. The van der Waals surface area contributed by atoms with E-state index in [9.17, 15) is 0 Å². The third-order valence-electron chi connectivity index (χ3n) is 3.16. The number of rotatable bonds is 6. The van der Waals surface area contributed by atoms with Crippen LogP contribution in [-0.4, -0.2) is 13.2 Å². The summed E-state index contributed by atoms with van der Waals surface area (Å²) in [6.07, 6.45) is 0. The Bertz CT molecular complexity index is 619. The van der Waals surface area contributed by atoms with Crippen LogP contribution in [-0.2, 0) is 0 Å². The predicted molar refractivity (Wildman–Crippen MR) is 87.2 cm³/mol. The van der Waals surface area contributed by atoms with E-state index < -0.39 is 0 Å². The summed E-state index contributed by atoms with van der Waals surface area (Å²) in [4.78, 5) is 0. The molecule has 0 aromatic heterocycles. The van der Waals surface area contributed by atoms with E-state index in [2.05, 4.69) is 34.2 Å². The Morgan fingerprint density at radius 2 is 2.00 bits per heavy atom. The molecule has 0 saturated carbocycles. The Labute approximate surface area is 133 Å². The van der Waals surface area contributed by atoms with Crippen LogP contribution in [0.1, 0.15) is 24.1 Å². The van der Waals surface area contributed by atoms with Gasteiger partial charge in [0.15, 0.2) is 0 Å². The summed E-state index contributed by atoms with van der Waals surface area (Å²) in [6.45, 7) is 3.46. The van der Waals surface area contributed by atoms with Crippen LogP contribution >= 0.6 is 15.9 Å². The number of nitriles is 1. The topological polar surface area (TPSA) is 45.0 Å². The van der Waals surface area contributed by atoms with Gasteiger partial charge in [0, 0.05) is 17.1 Å². The number of hydrogen-bond acceptors (Lipinski definition) is 3. The monoisotopic (exact) mass is 344 g/mol. The van der Waals surface area contributed by atoms with Crippen LogP contribution in [0.15, 0.2) is 53.0 Å². The molecule has 1 atom stereocenters. The van der Waals surface area contributed by atoms with Gasteiger partial charge in [-0.05, 0) is 42.8 Å². The van der Waals surface area contributed by atoms with E-state index >= 15 is 0 Å². The zero-order chi connectivity index (χ0) is 15.1. The molecule has 0 spiro atoms. The van der Waals surface area contributed by atoms with Crippen molar-refractivity contribution >= 4 is 15.9 Å². The summed E-state index contributed by atoms with van der Waals surface area (Å²) in [5.41, 5.74) is 1.85. The fourth-order valence-corrected chi connectivity index (χ4v) is 2.34. The minimum absolute atomic E-state index is 0.226. The zero-order valence-electron chi connectivity index (χ0n) is 11.8. The van der Waals surface area contributed by atoms with Gasteiger partial charge in [-0.1, -0.05) is 34.1 Å². The molecular weight excluding hydrogens is 328 g/mol. The number of benzene rings is 2. The maximum Gasteiger partial charge on any atom is 0.120 e. The number of ether oxygens (including phenoxy) is 1. The second-order valence-electron chi connectivity index (χ2n) is 4.72. The van der Waals surface area contributed by atoms with Crippen molar-refractivity contribution in [2.45, 2.75) is 13.0 Å². The Morgan fingerprint density at radius 1 is 1.24 bits per heavy atom. The fourth-order valence-electron chi connectivity index (χ4n) is 1.97. The number of nitrogens with one attached hydrogen (secondary N) is 1. The first-order valence-electron chi connectivity index (χ1n) is 6.81. The highest BCUT2D eigenvalue weighted by Crippen LogP contribution is 2.17. The second kappa shape index (κ2) is 7.82. The van der Waals surface area contributed by atoms with Crippen molar-refractivity contribution in [3.05, 3.63) is 64.1 Å². The van der Waals surface area contributed by atoms with Crippen molar-refractivity contribution in [3.8, 4) is 11.8 Å². The minimum atomic E-state index is 0.226. The molecule has 1 N–H and O–H groups in total. The molecule has 21 heavy (non-hydrogen) atoms. The molecule has 0 aliphatic heterocycles. The molecule has 4 heteroatoms. The first kappa shape index (κ1) is 15.6. The maximum absolute atomic E-state index is 8.78. The molecule has 2 rings (SSSR count). The van der Waals surface area contributed by atoms with Gasteiger partial charge < -0.3 is 10.1 Å². The first-order valence-corrected chi connectivity index (χ1v) is 7.60. The predicted octanol–water partition coefficient (Wildman–Crippen LogP) is 4.05. The molecule has 0 amide bonds. The van der Waals surface area contributed by atoms with E-state index in [1.807, 2.05) is 48.5 Å². The van der Waals surface area contributed by atoms with Crippen LogP contribution in [0, 0.1) is 11.3 Å². The molecule has 108 valence electrons. The lowest BCUT2D eigenvalue weighted by atomic mass is 10.1. The highest BCUT2D eigenvalue weighted by molar-refractivity contribution is 9.10. The highest BCUT2D eigenvalue weighted by Gasteiger charge is 2.04. The third kappa shape index (κ3) is 4.89. The molecule has 0 aliphatic carbocycles. The van der Waals surface area contributed by atoms with Gasteiger partial charge >= 0.3 is 0 Å². The largest absolute Gasteiger partial charge is 0.492 e. The summed E-state index contributed by atoms with van der Waals surface area (Å²) >= 11 is 3.42. The Hall–Kier alpha value is -1.83. The van der Waals surface area contributed by atoms with Gasteiger partial charge in [0.2, 0.25) is 0 Å². The molecule has 0 fully saturated rings. The van der Waals surface area contributed by atoms with Gasteiger partial charge in [-0.15, -0.1) is 0 Å². The molecule has 3 nitrogen and oxygen atoms in total. The zero-order valence-corrected chi connectivity index (χ0v) is 13.4. The maximum atomic E-state index is 8.78. The van der Waals surface area contributed by atoms with Gasteiger partial charge in [0.1, 0.15) is 12.4 Å². The van der Waals surface area contributed by atoms with Crippen molar-refractivity contribution < 1.29 is 4.74 Å². The minimum Gasteiger partial charge on any atom is -0.492 e. The number of hydrogen-bond donors (Lipinski definition) is 1. The highest BCUT2D eigenvalue weighted by atomic mass is 79.9. The molecule has 2 aromatic carbocycles. The Morgan fingerprint density at radius 3 is 2.67 bits per heavy atom. The van der Waals surface area contributed by atoms with Crippen molar-refractivity contribution in [3.63, 3.8) is 0 Å². The average Bonchev–Trinajstić information content (AvgIpc) is 2.51. The van der Waals surface area contributed by atoms with Gasteiger partial charge in [-0.25, -0.2) is 0 Å². The molecule has 0 aliphatic rings. The van der Waals surface area contributed by atoms with Crippen LogP contribution in [0.25, 0.3) is 0 Å². The Balaban J connectivity index is 1.76. The standard InChI is InChI=1S/C17H17BrN2O/c1-13(15-7-5-14(12-19)6-8-15)20-9-10-21-17-4-2-3-16(18)11-17/h2-8,11,13,20H,9-10H2,1H3. The van der Waals surface area contributed by atoms with Crippen molar-refractivity contribution in [2.75, 3.05) is 13.2 Å². The third-order valence-corrected chi connectivity index (χ3v) is 3.65. The summed E-state index contributed by atoms with van der Waals surface area (Å²) < 4.78 is 6.69.